The second-order valence-electron chi connectivity index (χ2n) is 28.6. The fourth-order valence-electron chi connectivity index (χ4n) is 15.1. The Bertz CT molecular complexity index is 2640. The van der Waals surface area contributed by atoms with Crippen LogP contribution in [0, 0.1) is 35.5 Å². The summed E-state index contributed by atoms with van der Waals surface area (Å²) in [4.78, 5) is 171. The van der Waals surface area contributed by atoms with Crippen molar-refractivity contribution in [2.24, 2.45) is 35.5 Å². The number of likely N-dealkylation sites (N-methyl/N-ethyl adjacent to an activating group) is 5. The Labute approximate surface area is 548 Å². The van der Waals surface area contributed by atoms with Gasteiger partial charge in [0.15, 0.2) is 0 Å². The number of alkyl halides is 4. The Kier molecular flexibility index (Phi) is 27.1. The lowest BCUT2D eigenvalue weighted by Gasteiger charge is -2.39. The van der Waals surface area contributed by atoms with E-state index in [1.807, 2.05) is 20.8 Å². The second-order valence-corrected chi connectivity index (χ2v) is 29.1. The first-order valence-electron chi connectivity index (χ1n) is 34.0. The highest BCUT2D eigenvalue weighted by Gasteiger charge is 2.51. The molecule has 3 heterocycles. The van der Waals surface area contributed by atoms with E-state index in [-0.39, 0.29) is 108 Å². The number of hydrogen-bond donors (Lipinski definition) is 4. The SMILES string of the molecule is CC[C@H](C)[C@@H]1NC(=O)[C@H](CC(C)C)N(C)C(=O)C[C@@H](C)NC(=O)[C@H](C(C)C)N(C)C(=O)C2(CCCC2)NC(=O)[C@@H]2CCCN2C(=O)[C@H](CCC2CCC(C(F)(F)F)C(Cl)C2)NC(=O)CN(C)C(=O)[C@H](CC2CCCCC2)N(C)C(=O)[C@@H]2CCCN2C(=O)CN(C)C1=O. The minimum atomic E-state index is -4.49. The van der Waals surface area contributed by atoms with Gasteiger partial charge in [0.05, 0.1) is 19.0 Å². The molecule has 0 aromatic carbocycles. The Balaban J connectivity index is 1.36. The molecule has 0 aromatic heterocycles. The van der Waals surface area contributed by atoms with E-state index in [2.05, 4.69) is 21.3 Å². The summed E-state index contributed by atoms with van der Waals surface area (Å²) in [6.07, 6.45) is 3.72. The first-order chi connectivity index (χ1) is 43.2. The van der Waals surface area contributed by atoms with Crippen LogP contribution in [0.15, 0.2) is 0 Å². The number of hydrogen-bond acceptors (Lipinski definition) is 11. The molecule has 22 nitrogen and oxygen atoms in total. The van der Waals surface area contributed by atoms with Crippen LogP contribution in [0.2, 0.25) is 0 Å². The summed E-state index contributed by atoms with van der Waals surface area (Å²) >= 11 is 6.38. The van der Waals surface area contributed by atoms with Gasteiger partial charge in [0.25, 0.3) is 0 Å². The van der Waals surface area contributed by atoms with Gasteiger partial charge in [-0.3, -0.25) is 52.7 Å². The van der Waals surface area contributed by atoms with Gasteiger partial charge in [0.2, 0.25) is 65.0 Å². The monoisotopic (exact) mass is 1320 g/mol. The largest absolute Gasteiger partial charge is 0.393 e. The lowest BCUT2D eigenvalue weighted by Crippen LogP contribution is -2.64. The van der Waals surface area contributed by atoms with E-state index < -0.39 is 161 Å². The Morgan fingerprint density at radius 1 is 0.598 bits per heavy atom. The number of amides is 11. The summed E-state index contributed by atoms with van der Waals surface area (Å²) in [5, 5.41) is 10.5. The summed E-state index contributed by atoms with van der Waals surface area (Å²) in [6, 6.07) is -8.54. The third-order valence-electron chi connectivity index (χ3n) is 20.8. The van der Waals surface area contributed by atoms with Gasteiger partial charge in [-0.25, -0.2) is 0 Å². The molecule has 4 N–H and O–H groups in total. The lowest BCUT2D eigenvalue weighted by molar-refractivity contribution is -0.182. The van der Waals surface area contributed by atoms with Crippen LogP contribution >= 0.6 is 11.6 Å². The maximum Gasteiger partial charge on any atom is 0.393 e. The lowest BCUT2D eigenvalue weighted by atomic mass is 9.78. The van der Waals surface area contributed by atoms with E-state index >= 15 is 9.59 Å². The van der Waals surface area contributed by atoms with Crippen LogP contribution in [0.5, 0.6) is 0 Å². The van der Waals surface area contributed by atoms with E-state index in [0.29, 0.717) is 32.1 Å². The van der Waals surface area contributed by atoms with Crippen molar-refractivity contribution in [2.45, 2.75) is 255 Å². The van der Waals surface area contributed by atoms with Crippen LogP contribution < -0.4 is 21.3 Å². The van der Waals surface area contributed by atoms with E-state index in [1.54, 1.807) is 27.7 Å². The third kappa shape index (κ3) is 18.8. The molecular weight excluding hydrogens is 1220 g/mol. The average molecular weight is 1320 g/mol. The number of nitrogens with one attached hydrogen (secondary N) is 4. The highest BCUT2D eigenvalue weighted by atomic mass is 35.5. The molecule has 6 fully saturated rings. The molecule has 0 bridgehead atoms. The van der Waals surface area contributed by atoms with Crippen LogP contribution in [0.25, 0.3) is 0 Å². The van der Waals surface area contributed by atoms with Gasteiger partial charge in [0.1, 0.15) is 47.8 Å². The number of rotatable bonds is 10. The molecule has 0 radical (unpaired) electrons. The summed E-state index contributed by atoms with van der Waals surface area (Å²) < 4.78 is 41.8. The zero-order chi connectivity index (χ0) is 68.3. The van der Waals surface area contributed by atoms with Crippen molar-refractivity contribution >= 4 is 76.6 Å². The predicted molar refractivity (Wildman–Crippen MR) is 341 cm³/mol. The zero-order valence-corrected chi connectivity index (χ0v) is 57.4. The number of halogens is 4. The van der Waals surface area contributed by atoms with Crippen molar-refractivity contribution in [2.75, 3.05) is 61.4 Å². The number of carbonyl (C=O) groups excluding carboxylic acids is 11. The topological polar surface area (TPSA) is 259 Å². The van der Waals surface area contributed by atoms with Crippen molar-refractivity contribution in [3.8, 4) is 0 Å². The molecule has 92 heavy (non-hydrogen) atoms. The van der Waals surface area contributed by atoms with E-state index in [1.165, 1.54) is 69.5 Å². The van der Waals surface area contributed by atoms with Crippen molar-refractivity contribution in [3.05, 3.63) is 0 Å². The van der Waals surface area contributed by atoms with Crippen molar-refractivity contribution in [1.29, 1.82) is 0 Å². The standard InChI is InChI=1S/C66H107ClF3N11O11/c1-13-41(6)55-63(91)76(9)38-54(84)80-31-20-24-49(80)62(90)78(11)51(36-43-21-15-14-16-22-43)61(89)75(8)37-52(82)72-47(28-26-44-25-27-45(46(67)35-44)66(68,69)70)60(88)81-32-19-23-48(81)58(86)74-65(29-17-18-30-65)64(92)79(12)56(40(4)5)59(87)71-42(7)34-53(83)77(10)50(33-39(2)3)57(85)73-55/h39-51,55-56H,13-38H2,1-12H3,(H,71,87)(H,72,82)(H,73,85)(H,74,86)/t41-,42+,44?,45?,46?,47-,48-,49-,50-,51-,55-,56-/m0/s1. The molecule has 3 unspecified atom stereocenters. The van der Waals surface area contributed by atoms with Gasteiger partial charge in [-0.15, -0.1) is 11.6 Å². The van der Waals surface area contributed by atoms with Crippen LogP contribution in [0.1, 0.15) is 190 Å². The van der Waals surface area contributed by atoms with Crippen molar-refractivity contribution in [1.82, 2.24) is 55.6 Å². The van der Waals surface area contributed by atoms with Gasteiger partial charge < -0.3 is 55.6 Å². The molecule has 1 spiro atoms. The second kappa shape index (κ2) is 33.1. The number of carbonyl (C=O) groups is 11. The highest BCUT2D eigenvalue weighted by molar-refractivity contribution is 6.20. The van der Waals surface area contributed by atoms with Crippen LogP contribution in [-0.2, 0) is 52.7 Å². The molecule has 11 amide bonds. The molecule has 3 aliphatic heterocycles. The van der Waals surface area contributed by atoms with Gasteiger partial charge >= 0.3 is 6.18 Å². The first kappa shape index (κ1) is 75.3. The normalized spacial score (nSPS) is 30.9. The first-order valence-corrected chi connectivity index (χ1v) is 34.5. The molecule has 0 aromatic rings. The molecule has 6 rings (SSSR count). The molecule has 3 saturated heterocycles. The molecule has 26 heteroatoms. The smallest absolute Gasteiger partial charge is 0.351 e. The quantitative estimate of drug-likeness (QED) is 0.191. The average Bonchev–Trinajstić information content (AvgIpc) is 1.51. The highest BCUT2D eigenvalue weighted by Crippen LogP contribution is 2.44. The molecule has 520 valence electrons. The Morgan fingerprint density at radius 3 is 1.82 bits per heavy atom. The van der Waals surface area contributed by atoms with Crippen molar-refractivity contribution in [3.63, 3.8) is 0 Å². The summed E-state index contributed by atoms with van der Waals surface area (Å²) in [7, 11) is 7.36. The zero-order valence-electron chi connectivity index (χ0n) is 56.7. The molecule has 12 atom stereocenters. The van der Waals surface area contributed by atoms with E-state index in [9.17, 15) is 56.3 Å². The number of fused-ring (bicyclic) bond motifs is 2. The fourth-order valence-corrected chi connectivity index (χ4v) is 15.6. The Hall–Kier alpha value is -5.75. The van der Waals surface area contributed by atoms with Gasteiger partial charge in [-0.2, -0.15) is 13.2 Å². The van der Waals surface area contributed by atoms with Gasteiger partial charge in [-0.05, 0) is 120 Å². The Morgan fingerprint density at radius 2 is 1.22 bits per heavy atom. The third-order valence-corrected chi connectivity index (χ3v) is 21.2. The van der Waals surface area contributed by atoms with E-state index in [0.717, 1.165) is 32.1 Å². The summed E-state index contributed by atoms with van der Waals surface area (Å²) in [5.41, 5.74) is -1.47. The van der Waals surface area contributed by atoms with Crippen LogP contribution in [0.4, 0.5) is 13.2 Å². The maximum atomic E-state index is 15.1. The summed E-state index contributed by atoms with van der Waals surface area (Å²) in [5.74, 6) is -9.27. The molecular formula is C66H107ClF3N11O11. The van der Waals surface area contributed by atoms with Gasteiger partial charge in [0, 0.05) is 66.2 Å². The van der Waals surface area contributed by atoms with Crippen LogP contribution in [0.3, 0.4) is 0 Å². The predicted octanol–water partition coefficient (Wildman–Crippen LogP) is 5.76. The molecule has 3 aliphatic carbocycles. The minimum absolute atomic E-state index is 0.0174. The van der Waals surface area contributed by atoms with Crippen LogP contribution in [-0.4, -0.2) is 226 Å². The maximum absolute atomic E-state index is 15.1. The summed E-state index contributed by atoms with van der Waals surface area (Å²) in [6.45, 7) is 11.9. The molecule has 3 saturated carbocycles. The fraction of sp³-hybridized carbons (Fsp3) is 0.833. The van der Waals surface area contributed by atoms with Gasteiger partial charge in [-0.1, -0.05) is 92.9 Å². The molecule has 6 aliphatic rings. The van der Waals surface area contributed by atoms with E-state index in [4.69, 9.17) is 11.6 Å². The number of nitrogens with zero attached hydrogens (tertiary/aromatic N) is 7. The van der Waals surface area contributed by atoms with Crippen molar-refractivity contribution < 1.29 is 65.9 Å². The minimum Gasteiger partial charge on any atom is -0.351 e.